The first-order valence-corrected chi connectivity index (χ1v) is 9.04. The minimum Gasteiger partial charge on any atom is -0.412 e. The molecule has 0 aromatic rings. The molecule has 1 heterocycles. The highest BCUT2D eigenvalue weighted by atomic mass is 16.0. The van der Waals surface area contributed by atoms with Crippen LogP contribution in [0, 0.1) is 0 Å². The van der Waals surface area contributed by atoms with Crippen LogP contribution in [-0.4, -0.2) is 41.3 Å². The fourth-order valence-electron chi connectivity index (χ4n) is 3.87. The van der Waals surface area contributed by atoms with Gasteiger partial charge in [0.1, 0.15) is 0 Å². The van der Waals surface area contributed by atoms with E-state index >= 15 is 0 Å². The van der Waals surface area contributed by atoms with Crippen LogP contribution in [0.15, 0.2) is 0 Å². The summed E-state index contributed by atoms with van der Waals surface area (Å²) < 4.78 is 0. The van der Waals surface area contributed by atoms with Crippen molar-refractivity contribution in [2.75, 3.05) is 13.6 Å². The van der Waals surface area contributed by atoms with E-state index in [1.54, 1.807) is 0 Å². The van der Waals surface area contributed by atoms with Crippen molar-refractivity contribution in [1.29, 1.82) is 0 Å². The molecular weight excluding hydrogens is 262 g/mol. The Kier molecular flexibility index (Phi) is 9.49. The van der Waals surface area contributed by atoms with Crippen LogP contribution >= 0.6 is 0 Å². The predicted molar refractivity (Wildman–Crippen MR) is 89.9 cm³/mol. The van der Waals surface area contributed by atoms with E-state index in [0.717, 1.165) is 12.5 Å². The van der Waals surface area contributed by atoms with Crippen molar-refractivity contribution in [1.82, 2.24) is 10.0 Å². The van der Waals surface area contributed by atoms with E-state index in [4.69, 9.17) is 5.73 Å². The Balaban J connectivity index is 0.00000220. The third-order valence-corrected chi connectivity index (χ3v) is 5.27. The standard InChI is InChI=1S/C17H35N3.H2O/c1-19-17(18)14-10-6-7-11-15-20(19)16-12-8-4-2-3-5-9-13-16;/h16-17H,2-15,18H2,1H3;1H2. The minimum absolute atomic E-state index is 0. The molecule has 1 saturated heterocycles. The molecule has 21 heavy (non-hydrogen) atoms. The Morgan fingerprint density at radius 3 is 1.81 bits per heavy atom. The Morgan fingerprint density at radius 2 is 1.19 bits per heavy atom. The quantitative estimate of drug-likeness (QED) is 0.809. The summed E-state index contributed by atoms with van der Waals surface area (Å²) in [6, 6.07) is 0.738. The van der Waals surface area contributed by atoms with Crippen molar-refractivity contribution in [2.45, 2.75) is 95.7 Å². The van der Waals surface area contributed by atoms with Crippen molar-refractivity contribution < 1.29 is 5.48 Å². The maximum atomic E-state index is 6.40. The van der Waals surface area contributed by atoms with Crippen molar-refractivity contribution in [3.8, 4) is 0 Å². The fraction of sp³-hybridized carbons (Fsp3) is 1.00. The molecule has 0 amide bonds. The Bertz CT molecular complexity index is 252. The number of nitrogens with zero attached hydrogens (tertiary/aromatic N) is 2. The van der Waals surface area contributed by atoms with E-state index in [0.29, 0.717) is 0 Å². The van der Waals surface area contributed by atoms with Crippen LogP contribution in [0.3, 0.4) is 0 Å². The highest BCUT2D eigenvalue weighted by molar-refractivity contribution is 4.75. The maximum Gasteiger partial charge on any atom is 0.0707 e. The summed E-state index contributed by atoms with van der Waals surface area (Å²) in [6.45, 7) is 1.22. The Hall–Kier alpha value is -0.160. The van der Waals surface area contributed by atoms with Gasteiger partial charge >= 0.3 is 0 Å². The summed E-state index contributed by atoms with van der Waals surface area (Å²) in [6.07, 6.45) is 18.1. The highest BCUT2D eigenvalue weighted by Crippen LogP contribution is 2.24. The van der Waals surface area contributed by atoms with Crippen molar-refractivity contribution in [2.24, 2.45) is 5.73 Å². The molecule has 0 radical (unpaired) electrons. The van der Waals surface area contributed by atoms with Gasteiger partial charge in [0, 0.05) is 19.6 Å². The molecule has 0 bridgehead atoms. The Labute approximate surface area is 131 Å². The van der Waals surface area contributed by atoms with Crippen molar-refractivity contribution in [3.63, 3.8) is 0 Å². The molecule has 1 aliphatic carbocycles. The smallest absolute Gasteiger partial charge is 0.0707 e. The molecule has 4 N–H and O–H groups in total. The van der Waals surface area contributed by atoms with E-state index in [9.17, 15) is 0 Å². The SMILES string of the molecule is CN1C(N)CCCCCCN1C1CCCCCCCC1.O. The van der Waals surface area contributed by atoms with Gasteiger partial charge in [0.05, 0.1) is 6.17 Å². The van der Waals surface area contributed by atoms with Gasteiger partial charge < -0.3 is 11.2 Å². The molecule has 2 rings (SSSR count). The van der Waals surface area contributed by atoms with Gasteiger partial charge in [-0.3, -0.25) is 0 Å². The first-order chi connectivity index (χ1) is 9.79. The van der Waals surface area contributed by atoms with Crippen LogP contribution in [0.1, 0.15) is 83.5 Å². The summed E-state index contributed by atoms with van der Waals surface area (Å²) in [5.41, 5.74) is 6.40. The van der Waals surface area contributed by atoms with Crippen LogP contribution in [0.4, 0.5) is 0 Å². The molecule has 1 atom stereocenters. The largest absolute Gasteiger partial charge is 0.412 e. The van der Waals surface area contributed by atoms with Gasteiger partial charge in [-0.05, 0) is 25.7 Å². The third-order valence-electron chi connectivity index (χ3n) is 5.27. The van der Waals surface area contributed by atoms with E-state index < -0.39 is 0 Å². The van der Waals surface area contributed by atoms with Gasteiger partial charge in [-0.2, -0.15) is 0 Å². The summed E-state index contributed by atoms with van der Waals surface area (Å²) in [5.74, 6) is 0. The maximum absolute atomic E-state index is 6.40. The summed E-state index contributed by atoms with van der Waals surface area (Å²) >= 11 is 0. The molecule has 2 fully saturated rings. The molecular formula is C17H37N3O. The molecule has 1 aliphatic heterocycles. The first-order valence-electron chi connectivity index (χ1n) is 9.04. The molecule has 126 valence electrons. The third kappa shape index (κ3) is 6.23. The molecule has 1 saturated carbocycles. The summed E-state index contributed by atoms with van der Waals surface area (Å²) in [7, 11) is 2.22. The van der Waals surface area contributed by atoms with Crippen LogP contribution in [0.25, 0.3) is 0 Å². The van der Waals surface area contributed by atoms with Gasteiger partial charge in [-0.15, -0.1) is 0 Å². The normalized spacial score (nSPS) is 29.1. The van der Waals surface area contributed by atoms with Gasteiger partial charge in [0.2, 0.25) is 0 Å². The van der Waals surface area contributed by atoms with Gasteiger partial charge in [0.25, 0.3) is 0 Å². The number of hydrogen-bond donors (Lipinski definition) is 1. The lowest BCUT2D eigenvalue weighted by atomic mass is 10.0. The molecule has 0 aromatic heterocycles. The monoisotopic (exact) mass is 299 g/mol. The first kappa shape index (κ1) is 18.9. The molecule has 4 nitrogen and oxygen atoms in total. The fourth-order valence-corrected chi connectivity index (χ4v) is 3.87. The van der Waals surface area contributed by atoms with Gasteiger partial charge in [0.15, 0.2) is 0 Å². The molecule has 1 unspecified atom stereocenters. The van der Waals surface area contributed by atoms with Crippen LogP contribution in [0.5, 0.6) is 0 Å². The predicted octanol–water partition coefficient (Wildman–Crippen LogP) is 3.06. The van der Waals surface area contributed by atoms with Crippen LogP contribution < -0.4 is 5.73 Å². The highest BCUT2D eigenvalue weighted by Gasteiger charge is 2.25. The average molecular weight is 300 g/mol. The van der Waals surface area contributed by atoms with Crippen molar-refractivity contribution in [3.05, 3.63) is 0 Å². The topological polar surface area (TPSA) is 64.0 Å². The zero-order valence-corrected chi connectivity index (χ0v) is 14.0. The molecule has 4 heteroatoms. The van der Waals surface area contributed by atoms with E-state index in [1.807, 2.05) is 0 Å². The van der Waals surface area contributed by atoms with Gasteiger partial charge in [-0.25, -0.2) is 10.0 Å². The van der Waals surface area contributed by atoms with E-state index in [-0.39, 0.29) is 11.6 Å². The average Bonchev–Trinajstić information content (AvgIpc) is 2.63. The second-order valence-electron chi connectivity index (χ2n) is 6.86. The lowest BCUT2D eigenvalue weighted by molar-refractivity contribution is -0.0762. The number of hydrazine groups is 1. The molecule has 0 aromatic carbocycles. The lowest BCUT2D eigenvalue weighted by Crippen LogP contribution is -2.54. The number of nitrogens with two attached hydrogens (primary N) is 1. The zero-order valence-electron chi connectivity index (χ0n) is 14.0. The van der Waals surface area contributed by atoms with E-state index in [1.165, 1.54) is 83.6 Å². The Morgan fingerprint density at radius 1 is 0.714 bits per heavy atom. The van der Waals surface area contributed by atoms with E-state index in [2.05, 4.69) is 17.1 Å². The second-order valence-corrected chi connectivity index (χ2v) is 6.86. The zero-order chi connectivity index (χ0) is 14.2. The van der Waals surface area contributed by atoms with Crippen LogP contribution in [0.2, 0.25) is 0 Å². The molecule has 2 aliphatic rings. The van der Waals surface area contributed by atoms with Crippen molar-refractivity contribution >= 4 is 0 Å². The number of rotatable bonds is 1. The lowest BCUT2D eigenvalue weighted by Gasteiger charge is -2.41. The summed E-state index contributed by atoms with van der Waals surface area (Å²) in [4.78, 5) is 0. The van der Waals surface area contributed by atoms with Crippen LogP contribution in [-0.2, 0) is 0 Å². The second kappa shape index (κ2) is 10.5. The number of hydrogen-bond acceptors (Lipinski definition) is 3. The summed E-state index contributed by atoms with van der Waals surface area (Å²) in [5, 5.41) is 5.02. The molecule has 0 spiro atoms. The van der Waals surface area contributed by atoms with Gasteiger partial charge in [-0.1, -0.05) is 57.8 Å². The minimum atomic E-state index is 0.